The number of aromatic nitrogens is 2. The molecular weight excluding hydrogens is 476 g/mol. The Morgan fingerprint density at radius 2 is 1.70 bits per heavy atom. The van der Waals surface area contributed by atoms with E-state index in [1.807, 2.05) is 30.3 Å². The van der Waals surface area contributed by atoms with Crippen molar-refractivity contribution in [2.45, 2.75) is 52.6 Å². The molecule has 10 heteroatoms. The third-order valence-electron chi connectivity index (χ3n) is 6.62. The van der Waals surface area contributed by atoms with Crippen molar-refractivity contribution in [2.24, 2.45) is 11.8 Å². The van der Waals surface area contributed by atoms with Crippen molar-refractivity contribution in [2.75, 3.05) is 10.6 Å². The fraction of sp³-hybridized carbons (Fsp3) is 0.370. The number of nitrogens with zero attached hydrogens (tertiary/aromatic N) is 2. The second-order valence-corrected chi connectivity index (χ2v) is 9.19. The third kappa shape index (κ3) is 5.96. The first-order valence-corrected chi connectivity index (χ1v) is 12.2. The zero-order chi connectivity index (χ0) is 26.5. The van der Waals surface area contributed by atoms with Crippen LogP contribution in [0.3, 0.4) is 0 Å². The van der Waals surface area contributed by atoms with Crippen molar-refractivity contribution in [1.82, 2.24) is 10.1 Å². The number of ether oxygens (including phenoxy) is 1. The normalized spacial score (nSPS) is 18.0. The molecule has 10 nitrogen and oxygen atoms in total. The molecule has 1 aromatic carbocycles. The van der Waals surface area contributed by atoms with E-state index >= 15 is 0 Å². The summed E-state index contributed by atoms with van der Waals surface area (Å²) >= 11 is 0. The topological polar surface area (TPSA) is 146 Å². The van der Waals surface area contributed by atoms with E-state index in [0.717, 1.165) is 18.4 Å². The molecule has 3 atom stereocenters. The van der Waals surface area contributed by atoms with E-state index in [9.17, 15) is 19.5 Å². The van der Waals surface area contributed by atoms with Gasteiger partial charge in [0.1, 0.15) is 23.2 Å². The second-order valence-electron chi connectivity index (χ2n) is 9.19. The highest BCUT2D eigenvalue weighted by molar-refractivity contribution is 5.96. The van der Waals surface area contributed by atoms with E-state index in [-0.39, 0.29) is 11.7 Å². The van der Waals surface area contributed by atoms with E-state index < -0.39 is 30.0 Å². The molecule has 3 aromatic rings. The maximum atomic E-state index is 12.8. The minimum Gasteiger partial charge on any atom is -0.550 e. The van der Waals surface area contributed by atoms with Crippen LogP contribution >= 0.6 is 0 Å². The van der Waals surface area contributed by atoms with Crippen LogP contribution in [0.2, 0.25) is 0 Å². The number of carboxylic acids is 1. The monoisotopic (exact) mass is 505 g/mol. The Morgan fingerprint density at radius 1 is 1.00 bits per heavy atom. The lowest BCUT2D eigenvalue weighted by Crippen LogP contribution is -2.42. The largest absolute Gasteiger partial charge is 0.550 e. The molecule has 0 bridgehead atoms. The van der Waals surface area contributed by atoms with Crippen molar-refractivity contribution in [3.05, 3.63) is 59.4 Å². The summed E-state index contributed by atoms with van der Waals surface area (Å²) in [6, 6.07) is 12.6. The molecule has 1 aliphatic rings. The van der Waals surface area contributed by atoms with Gasteiger partial charge in [0.2, 0.25) is 11.7 Å². The first-order valence-electron chi connectivity index (χ1n) is 12.2. The third-order valence-corrected chi connectivity index (χ3v) is 6.62. The summed E-state index contributed by atoms with van der Waals surface area (Å²) in [6.07, 6.45) is 1.37. The highest BCUT2D eigenvalue weighted by Crippen LogP contribution is 2.33. The van der Waals surface area contributed by atoms with E-state index in [4.69, 9.17) is 9.26 Å². The number of carbonyl (C=O) groups excluding carboxylic acids is 3. The van der Waals surface area contributed by atoms with E-state index in [2.05, 4.69) is 20.8 Å². The van der Waals surface area contributed by atoms with Gasteiger partial charge < -0.3 is 24.5 Å². The van der Waals surface area contributed by atoms with E-state index in [0.29, 0.717) is 41.3 Å². The molecule has 2 aromatic heterocycles. The van der Waals surface area contributed by atoms with Gasteiger partial charge in [-0.1, -0.05) is 48.3 Å². The molecule has 0 spiro atoms. The summed E-state index contributed by atoms with van der Waals surface area (Å²) in [5, 5.41) is 20.9. The Balaban J connectivity index is 1.47. The number of rotatable bonds is 7. The van der Waals surface area contributed by atoms with Gasteiger partial charge in [-0.3, -0.25) is 10.1 Å². The van der Waals surface area contributed by atoms with E-state index in [1.165, 1.54) is 0 Å². The Labute approximate surface area is 214 Å². The summed E-state index contributed by atoms with van der Waals surface area (Å²) in [5.41, 5.74) is 2.97. The van der Waals surface area contributed by atoms with Gasteiger partial charge in [-0.15, -0.1) is 0 Å². The number of anilines is 2. The summed E-state index contributed by atoms with van der Waals surface area (Å²) in [5.74, 6) is -2.75. The smallest absolute Gasteiger partial charge is 0.412 e. The van der Waals surface area contributed by atoms with Crippen LogP contribution in [-0.4, -0.2) is 28.1 Å². The van der Waals surface area contributed by atoms with Gasteiger partial charge in [-0.25, -0.2) is 9.78 Å². The lowest BCUT2D eigenvalue weighted by atomic mass is 9.78. The van der Waals surface area contributed by atoms with Gasteiger partial charge in [0.15, 0.2) is 0 Å². The van der Waals surface area contributed by atoms with Crippen LogP contribution in [0.1, 0.15) is 55.7 Å². The predicted octanol–water partition coefficient (Wildman–Crippen LogP) is 4.16. The van der Waals surface area contributed by atoms with Crippen LogP contribution in [0.5, 0.6) is 0 Å². The number of amides is 2. The van der Waals surface area contributed by atoms with Crippen molar-refractivity contribution < 1.29 is 28.8 Å². The van der Waals surface area contributed by atoms with Gasteiger partial charge in [0.25, 0.3) is 0 Å². The molecule has 2 N–H and O–H groups in total. The number of carboxylic acid groups (broad SMARTS) is 1. The molecule has 2 amide bonds. The van der Waals surface area contributed by atoms with Crippen molar-refractivity contribution in [3.63, 3.8) is 0 Å². The Hall–Kier alpha value is -4.21. The van der Waals surface area contributed by atoms with Crippen LogP contribution in [0.25, 0.3) is 11.5 Å². The summed E-state index contributed by atoms with van der Waals surface area (Å²) < 4.78 is 10.9. The highest BCUT2D eigenvalue weighted by Gasteiger charge is 2.32. The Morgan fingerprint density at radius 3 is 2.38 bits per heavy atom. The summed E-state index contributed by atoms with van der Waals surface area (Å²) in [6.45, 7) is 5.17. The van der Waals surface area contributed by atoms with Crippen LogP contribution < -0.4 is 15.7 Å². The summed E-state index contributed by atoms with van der Waals surface area (Å²) in [4.78, 5) is 41.4. The van der Waals surface area contributed by atoms with Crippen LogP contribution in [0.4, 0.5) is 16.2 Å². The number of pyridine rings is 1. The molecule has 2 unspecified atom stereocenters. The average Bonchev–Trinajstić information content (AvgIpc) is 3.25. The number of benzene rings is 1. The van der Waals surface area contributed by atoms with Crippen LogP contribution in [0, 0.1) is 25.7 Å². The van der Waals surface area contributed by atoms with E-state index in [1.54, 1.807) is 32.9 Å². The lowest BCUT2D eigenvalue weighted by molar-refractivity contribution is -0.313. The van der Waals surface area contributed by atoms with Crippen LogP contribution in [0.15, 0.2) is 47.0 Å². The molecule has 0 saturated heterocycles. The minimum atomic E-state index is -1.19. The standard InChI is InChI=1S/C27H30N4O6/c1-15-21(29-25(32)19-11-7-8-12-20(19)26(33)34)13-14-22(28-15)24-23(16(2)31-37-24)30-27(35)36-17(3)18-9-5-4-6-10-18/h4-6,9-10,13-14,17,19-20H,7-8,11-12H2,1-3H3,(H,29,32)(H,30,35)(H,33,34)/p-1/t17-,19?,20?/m1/s1. The zero-order valence-corrected chi connectivity index (χ0v) is 20.9. The Kier molecular flexibility index (Phi) is 7.86. The zero-order valence-electron chi connectivity index (χ0n) is 20.9. The fourth-order valence-corrected chi connectivity index (χ4v) is 4.55. The number of hydrogen-bond acceptors (Lipinski definition) is 8. The predicted molar refractivity (Wildman–Crippen MR) is 133 cm³/mol. The van der Waals surface area contributed by atoms with Gasteiger partial charge in [0, 0.05) is 17.8 Å². The molecule has 4 rings (SSSR count). The number of hydrogen-bond donors (Lipinski definition) is 2. The molecule has 1 saturated carbocycles. The minimum absolute atomic E-state index is 0.243. The highest BCUT2D eigenvalue weighted by atomic mass is 16.6. The van der Waals surface area contributed by atoms with Crippen molar-refractivity contribution in [1.29, 1.82) is 0 Å². The lowest BCUT2D eigenvalue weighted by Gasteiger charge is -2.31. The fourth-order valence-electron chi connectivity index (χ4n) is 4.55. The SMILES string of the molecule is Cc1nc(-c2onc(C)c2NC(=O)O[C@H](C)c2ccccc2)ccc1NC(=O)C1CCCCC1C(=O)[O-]. The molecule has 1 aliphatic carbocycles. The molecule has 194 valence electrons. The molecule has 0 aliphatic heterocycles. The number of carbonyl (C=O) groups is 3. The maximum absolute atomic E-state index is 12.8. The van der Waals surface area contributed by atoms with Gasteiger partial charge in [0.05, 0.1) is 11.4 Å². The van der Waals surface area contributed by atoms with Gasteiger partial charge in [-0.2, -0.15) is 0 Å². The van der Waals surface area contributed by atoms with Crippen LogP contribution in [-0.2, 0) is 14.3 Å². The second kappa shape index (κ2) is 11.2. The average molecular weight is 506 g/mol. The summed E-state index contributed by atoms with van der Waals surface area (Å²) in [7, 11) is 0. The number of aryl methyl sites for hydroxylation is 2. The van der Waals surface area contributed by atoms with Gasteiger partial charge in [-0.05, 0) is 51.3 Å². The quantitative estimate of drug-likeness (QED) is 0.487. The molecule has 37 heavy (non-hydrogen) atoms. The maximum Gasteiger partial charge on any atom is 0.412 e. The molecular formula is C27H29N4O6-. The number of nitrogens with one attached hydrogen (secondary N) is 2. The first kappa shape index (κ1) is 25.9. The first-order chi connectivity index (χ1) is 17.7. The number of aliphatic carboxylic acids is 1. The van der Waals surface area contributed by atoms with Crippen molar-refractivity contribution >= 4 is 29.3 Å². The molecule has 0 radical (unpaired) electrons. The molecule has 1 fully saturated rings. The van der Waals surface area contributed by atoms with Gasteiger partial charge >= 0.3 is 6.09 Å². The Bertz CT molecular complexity index is 1290. The van der Waals surface area contributed by atoms with Crippen molar-refractivity contribution in [3.8, 4) is 11.5 Å². The molecule has 2 heterocycles.